The van der Waals surface area contributed by atoms with Crippen molar-refractivity contribution >= 4 is 23.9 Å². The van der Waals surface area contributed by atoms with Gasteiger partial charge in [0, 0.05) is 31.6 Å². The molecular weight excluding hydrogens is 444 g/mol. The Kier molecular flexibility index (Phi) is 9.28. The van der Waals surface area contributed by atoms with E-state index in [-0.39, 0.29) is 12.1 Å². The minimum Gasteiger partial charge on any atom is -0.450 e. The molecular formula is C26H36N6O3. The lowest BCUT2D eigenvalue weighted by Gasteiger charge is -2.28. The van der Waals surface area contributed by atoms with Crippen molar-refractivity contribution in [3.05, 3.63) is 47.3 Å². The summed E-state index contributed by atoms with van der Waals surface area (Å²) in [4.78, 5) is 23.7. The number of aromatic nitrogens is 2. The van der Waals surface area contributed by atoms with E-state index in [0.29, 0.717) is 44.3 Å². The van der Waals surface area contributed by atoms with E-state index in [2.05, 4.69) is 44.8 Å². The molecule has 4 rings (SSSR count). The lowest BCUT2D eigenvalue weighted by atomic mass is 9.96. The molecule has 35 heavy (non-hydrogen) atoms. The molecule has 1 aliphatic carbocycles. The molecule has 2 aliphatic rings. The summed E-state index contributed by atoms with van der Waals surface area (Å²) in [6.07, 6.45) is 8.39. The highest BCUT2D eigenvalue weighted by Gasteiger charge is 2.17. The fourth-order valence-electron chi connectivity index (χ4n) is 4.38. The first-order chi connectivity index (χ1) is 17.2. The Hall–Kier alpha value is -3.20. The first-order valence-electron chi connectivity index (χ1n) is 12.7. The van der Waals surface area contributed by atoms with E-state index in [0.717, 1.165) is 37.3 Å². The molecule has 0 spiro atoms. The highest BCUT2D eigenvalue weighted by Crippen LogP contribution is 2.19. The number of carbonyl (C=O) groups excluding carboxylic acids is 1. The number of anilines is 2. The van der Waals surface area contributed by atoms with Gasteiger partial charge in [0.1, 0.15) is 11.6 Å². The zero-order valence-corrected chi connectivity index (χ0v) is 20.5. The van der Waals surface area contributed by atoms with Crippen LogP contribution in [0, 0.1) is 6.92 Å². The van der Waals surface area contributed by atoms with E-state index < -0.39 is 0 Å². The third kappa shape index (κ3) is 8.20. The Labute approximate surface area is 207 Å². The summed E-state index contributed by atoms with van der Waals surface area (Å²) in [5.74, 6) is 2.18. The highest BCUT2D eigenvalue weighted by atomic mass is 16.5. The van der Waals surface area contributed by atoms with Crippen molar-refractivity contribution < 1.29 is 14.3 Å². The number of carbonyl (C=O) groups is 1. The Bertz CT molecular complexity index is 987. The van der Waals surface area contributed by atoms with Crippen LogP contribution in [0.2, 0.25) is 0 Å². The Morgan fingerprint density at radius 1 is 1.20 bits per heavy atom. The van der Waals surface area contributed by atoms with Gasteiger partial charge in [0.15, 0.2) is 5.82 Å². The minimum absolute atomic E-state index is 0.249. The molecule has 0 bridgehead atoms. The van der Waals surface area contributed by atoms with Gasteiger partial charge < -0.3 is 19.7 Å². The average molecular weight is 481 g/mol. The zero-order chi connectivity index (χ0) is 24.3. The summed E-state index contributed by atoms with van der Waals surface area (Å²) < 4.78 is 10.9. The zero-order valence-electron chi connectivity index (χ0n) is 20.5. The van der Waals surface area contributed by atoms with E-state index in [4.69, 9.17) is 14.5 Å². The number of alkyl carbamates (subject to hydrolysis) is 1. The normalized spacial score (nSPS) is 16.9. The number of ether oxygens (including phenoxy) is 2. The molecule has 1 saturated carbocycles. The second-order valence-corrected chi connectivity index (χ2v) is 9.13. The number of nitrogens with one attached hydrogen (secondary N) is 2. The van der Waals surface area contributed by atoms with E-state index in [1.54, 1.807) is 6.21 Å². The SMILES string of the molecule is Cc1cccc(/C=N/Nc2cc(N3CCOCC3)nc(CCCOC(=O)NC3CCCCC3)n2)c1. The molecule has 9 heteroatoms. The molecule has 9 nitrogen and oxygen atoms in total. The summed E-state index contributed by atoms with van der Waals surface area (Å²) in [5, 5.41) is 7.35. The summed E-state index contributed by atoms with van der Waals surface area (Å²) in [6.45, 7) is 5.31. The summed E-state index contributed by atoms with van der Waals surface area (Å²) in [6, 6.07) is 10.3. The van der Waals surface area contributed by atoms with Crippen LogP contribution in [0.5, 0.6) is 0 Å². The number of aryl methyl sites for hydroxylation is 2. The number of nitrogens with zero attached hydrogens (tertiary/aromatic N) is 4. The first kappa shape index (κ1) is 24.9. The fourth-order valence-corrected chi connectivity index (χ4v) is 4.38. The average Bonchev–Trinajstić information content (AvgIpc) is 2.88. The molecule has 1 saturated heterocycles. The largest absolute Gasteiger partial charge is 0.450 e. The lowest BCUT2D eigenvalue weighted by Crippen LogP contribution is -2.37. The summed E-state index contributed by atoms with van der Waals surface area (Å²) in [7, 11) is 0. The van der Waals surface area contributed by atoms with Crippen molar-refractivity contribution in [1.29, 1.82) is 0 Å². The predicted octanol–water partition coefficient (Wildman–Crippen LogP) is 4.06. The van der Waals surface area contributed by atoms with Crippen LogP contribution >= 0.6 is 0 Å². The molecule has 1 aromatic carbocycles. The molecule has 2 heterocycles. The van der Waals surface area contributed by atoms with Crippen LogP contribution < -0.4 is 15.6 Å². The van der Waals surface area contributed by atoms with Crippen molar-refractivity contribution in [2.45, 2.75) is 57.9 Å². The monoisotopic (exact) mass is 480 g/mol. The van der Waals surface area contributed by atoms with Gasteiger partial charge in [-0.2, -0.15) is 5.10 Å². The maximum absolute atomic E-state index is 12.1. The summed E-state index contributed by atoms with van der Waals surface area (Å²) in [5.41, 5.74) is 5.25. The molecule has 188 valence electrons. The number of rotatable bonds is 9. The van der Waals surface area contributed by atoms with E-state index in [9.17, 15) is 4.79 Å². The molecule has 2 fully saturated rings. The molecule has 0 atom stereocenters. The van der Waals surface area contributed by atoms with Crippen molar-refractivity contribution in [1.82, 2.24) is 15.3 Å². The van der Waals surface area contributed by atoms with Gasteiger partial charge in [0.25, 0.3) is 0 Å². The third-order valence-electron chi connectivity index (χ3n) is 6.23. The quantitative estimate of drug-likeness (QED) is 0.317. The Balaban J connectivity index is 1.33. The number of hydrogen-bond acceptors (Lipinski definition) is 8. The lowest BCUT2D eigenvalue weighted by molar-refractivity contribution is 0.122. The molecule has 1 aromatic heterocycles. The minimum atomic E-state index is -0.326. The van der Waals surface area contributed by atoms with E-state index in [1.807, 2.05) is 18.2 Å². The van der Waals surface area contributed by atoms with E-state index in [1.165, 1.54) is 24.8 Å². The number of amides is 1. The van der Waals surface area contributed by atoms with E-state index >= 15 is 0 Å². The molecule has 0 radical (unpaired) electrons. The van der Waals surface area contributed by atoms with Crippen molar-refractivity contribution in [3.8, 4) is 0 Å². The van der Waals surface area contributed by atoms with Gasteiger partial charge in [-0.3, -0.25) is 5.43 Å². The van der Waals surface area contributed by atoms with Gasteiger partial charge in [0.05, 0.1) is 26.0 Å². The third-order valence-corrected chi connectivity index (χ3v) is 6.23. The van der Waals surface area contributed by atoms with Crippen molar-refractivity contribution in [2.24, 2.45) is 5.10 Å². The smallest absolute Gasteiger partial charge is 0.407 e. The van der Waals surface area contributed by atoms with Crippen LogP contribution in [0.4, 0.5) is 16.4 Å². The van der Waals surface area contributed by atoms with Crippen LogP contribution in [-0.4, -0.2) is 61.2 Å². The van der Waals surface area contributed by atoms with Gasteiger partial charge >= 0.3 is 6.09 Å². The molecule has 2 N–H and O–H groups in total. The van der Waals surface area contributed by atoms with Crippen LogP contribution in [0.3, 0.4) is 0 Å². The van der Waals surface area contributed by atoms with Crippen LogP contribution in [0.15, 0.2) is 35.4 Å². The standard InChI is InChI=1S/C26H36N6O3/c1-20-7-5-8-21(17-20)19-27-31-24-18-25(32-12-15-34-16-13-32)30-23(29-24)11-6-14-35-26(33)28-22-9-3-2-4-10-22/h5,7-8,17-19,22H,2-4,6,9-16H2,1H3,(H,28,33)(H,29,30,31)/b27-19+. The maximum Gasteiger partial charge on any atom is 0.407 e. The number of morpholine rings is 1. The number of benzene rings is 1. The van der Waals surface area contributed by atoms with Crippen molar-refractivity contribution in [2.75, 3.05) is 43.2 Å². The fraction of sp³-hybridized carbons (Fsp3) is 0.538. The van der Waals surface area contributed by atoms with Gasteiger partial charge in [-0.25, -0.2) is 14.8 Å². The topological polar surface area (TPSA) is 101 Å². The predicted molar refractivity (Wildman–Crippen MR) is 137 cm³/mol. The van der Waals surface area contributed by atoms with Crippen LogP contribution in [-0.2, 0) is 15.9 Å². The van der Waals surface area contributed by atoms with Crippen molar-refractivity contribution in [3.63, 3.8) is 0 Å². The number of hydrogen-bond donors (Lipinski definition) is 2. The second kappa shape index (κ2) is 13.0. The highest BCUT2D eigenvalue weighted by molar-refractivity contribution is 5.80. The van der Waals surface area contributed by atoms with Gasteiger partial charge in [-0.15, -0.1) is 0 Å². The summed E-state index contributed by atoms with van der Waals surface area (Å²) >= 11 is 0. The first-order valence-corrected chi connectivity index (χ1v) is 12.7. The Morgan fingerprint density at radius 3 is 2.83 bits per heavy atom. The van der Waals surface area contributed by atoms with Crippen LogP contribution in [0.1, 0.15) is 55.5 Å². The second-order valence-electron chi connectivity index (χ2n) is 9.13. The molecule has 0 unspecified atom stereocenters. The van der Waals surface area contributed by atoms with Gasteiger partial charge in [0.2, 0.25) is 0 Å². The molecule has 1 amide bonds. The van der Waals surface area contributed by atoms with Gasteiger partial charge in [-0.1, -0.05) is 49.1 Å². The number of hydrazone groups is 1. The molecule has 1 aliphatic heterocycles. The maximum atomic E-state index is 12.1. The Morgan fingerprint density at radius 2 is 2.03 bits per heavy atom. The van der Waals surface area contributed by atoms with Gasteiger partial charge in [-0.05, 0) is 31.7 Å². The molecule has 2 aromatic rings. The van der Waals surface area contributed by atoms with Crippen LogP contribution in [0.25, 0.3) is 0 Å².